The number of rotatable bonds is 5. The van der Waals surface area contributed by atoms with Crippen molar-refractivity contribution in [3.63, 3.8) is 0 Å². The van der Waals surface area contributed by atoms with E-state index in [9.17, 15) is 0 Å². The van der Waals surface area contributed by atoms with Crippen molar-refractivity contribution in [1.29, 1.82) is 0 Å². The van der Waals surface area contributed by atoms with E-state index in [1.807, 2.05) is 18.2 Å². The summed E-state index contributed by atoms with van der Waals surface area (Å²) in [4.78, 5) is 16.1. The second-order valence-electron chi connectivity index (χ2n) is 6.43. The standard InChI is InChI=1S/C20H23N5O/c1-2-4-16-14-19(25-9-11-26-12-10-25)24-20(22-16)23-17-6-7-18-15(13-17)5-3-8-21-18/h3,5-8,13-14H,2,4,9-12H2,1H3,(H,22,23,24). The molecule has 1 aromatic carbocycles. The Hall–Kier alpha value is -2.73. The Morgan fingerprint density at radius 2 is 2.00 bits per heavy atom. The van der Waals surface area contributed by atoms with Crippen molar-refractivity contribution in [3.8, 4) is 0 Å². The molecule has 26 heavy (non-hydrogen) atoms. The summed E-state index contributed by atoms with van der Waals surface area (Å²) in [6, 6.07) is 12.2. The van der Waals surface area contributed by atoms with Gasteiger partial charge >= 0.3 is 0 Å². The van der Waals surface area contributed by atoms with Crippen molar-refractivity contribution >= 4 is 28.4 Å². The van der Waals surface area contributed by atoms with Crippen LogP contribution >= 0.6 is 0 Å². The first-order chi connectivity index (χ1) is 12.8. The predicted octanol–water partition coefficient (Wildman–Crippen LogP) is 3.56. The van der Waals surface area contributed by atoms with E-state index in [2.05, 4.69) is 40.3 Å². The van der Waals surface area contributed by atoms with Gasteiger partial charge in [-0.2, -0.15) is 4.98 Å². The predicted molar refractivity (Wildman–Crippen MR) is 104 cm³/mol. The van der Waals surface area contributed by atoms with Gasteiger partial charge in [-0.3, -0.25) is 4.98 Å². The Balaban J connectivity index is 1.63. The molecule has 1 N–H and O–H groups in total. The second-order valence-corrected chi connectivity index (χ2v) is 6.43. The van der Waals surface area contributed by atoms with Crippen LogP contribution in [0, 0.1) is 0 Å². The topological polar surface area (TPSA) is 63.2 Å². The smallest absolute Gasteiger partial charge is 0.229 e. The van der Waals surface area contributed by atoms with Crippen LogP contribution < -0.4 is 10.2 Å². The normalized spacial score (nSPS) is 14.6. The maximum absolute atomic E-state index is 5.46. The molecule has 3 heterocycles. The molecular weight excluding hydrogens is 326 g/mol. The molecule has 0 unspecified atom stereocenters. The van der Waals surface area contributed by atoms with E-state index < -0.39 is 0 Å². The monoisotopic (exact) mass is 349 g/mol. The van der Waals surface area contributed by atoms with Gasteiger partial charge in [0.05, 0.1) is 18.7 Å². The third-order valence-electron chi connectivity index (χ3n) is 4.47. The van der Waals surface area contributed by atoms with Crippen LogP contribution in [0.5, 0.6) is 0 Å². The molecule has 0 spiro atoms. The second kappa shape index (κ2) is 7.66. The fraction of sp³-hybridized carbons (Fsp3) is 0.350. The Kier molecular flexibility index (Phi) is 4.93. The number of fused-ring (bicyclic) bond motifs is 1. The molecule has 0 atom stereocenters. The van der Waals surface area contributed by atoms with Crippen LogP contribution in [0.25, 0.3) is 10.9 Å². The number of aryl methyl sites for hydroxylation is 1. The third kappa shape index (κ3) is 3.75. The maximum Gasteiger partial charge on any atom is 0.229 e. The number of benzene rings is 1. The highest BCUT2D eigenvalue weighted by Crippen LogP contribution is 2.22. The van der Waals surface area contributed by atoms with E-state index in [0.29, 0.717) is 5.95 Å². The van der Waals surface area contributed by atoms with Gasteiger partial charge in [-0.25, -0.2) is 4.98 Å². The highest BCUT2D eigenvalue weighted by Gasteiger charge is 2.15. The van der Waals surface area contributed by atoms with Gasteiger partial charge < -0.3 is 15.0 Å². The molecule has 0 amide bonds. The van der Waals surface area contributed by atoms with Gasteiger partial charge in [0.15, 0.2) is 0 Å². The summed E-state index contributed by atoms with van der Waals surface area (Å²) in [5.74, 6) is 1.61. The van der Waals surface area contributed by atoms with Crippen molar-refractivity contribution in [2.75, 3.05) is 36.5 Å². The molecule has 1 fully saturated rings. The summed E-state index contributed by atoms with van der Waals surface area (Å²) in [6.07, 6.45) is 3.80. The van der Waals surface area contributed by atoms with Gasteiger partial charge in [-0.05, 0) is 30.7 Å². The van der Waals surface area contributed by atoms with Crippen LogP contribution in [0.2, 0.25) is 0 Å². The number of aromatic nitrogens is 3. The van der Waals surface area contributed by atoms with E-state index in [4.69, 9.17) is 14.7 Å². The molecule has 1 saturated heterocycles. The third-order valence-corrected chi connectivity index (χ3v) is 4.47. The first kappa shape index (κ1) is 16.7. The largest absolute Gasteiger partial charge is 0.378 e. The van der Waals surface area contributed by atoms with Gasteiger partial charge in [0.2, 0.25) is 5.95 Å². The molecule has 134 valence electrons. The van der Waals surface area contributed by atoms with Crippen molar-refractivity contribution in [2.24, 2.45) is 0 Å². The van der Waals surface area contributed by atoms with Crippen LogP contribution in [0.3, 0.4) is 0 Å². The van der Waals surface area contributed by atoms with E-state index in [1.165, 1.54) is 0 Å². The minimum absolute atomic E-state index is 0.640. The molecule has 6 nitrogen and oxygen atoms in total. The number of ether oxygens (including phenoxy) is 1. The number of hydrogen-bond donors (Lipinski definition) is 1. The fourth-order valence-electron chi connectivity index (χ4n) is 3.16. The summed E-state index contributed by atoms with van der Waals surface area (Å²) in [7, 11) is 0. The Morgan fingerprint density at radius 3 is 2.85 bits per heavy atom. The van der Waals surface area contributed by atoms with Crippen molar-refractivity contribution in [2.45, 2.75) is 19.8 Å². The summed E-state index contributed by atoms with van der Waals surface area (Å²) >= 11 is 0. The molecule has 0 bridgehead atoms. The van der Waals surface area contributed by atoms with E-state index in [0.717, 1.165) is 67.2 Å². The van der Waals surface area contributed by atoms with Gasteiger partial charge in [0.1, 0.15) is 5.82 Å². The minimum atomic E-state index is 0.640. The van der Waals surface area contributed by atoms with Gasteiger partial charge in [-0.15, -0.1) is 0 Å². The lowest BCUT2D eigenvalue weighted by molar-refractivity contribution is 0.122. The summed E-state index contributed by atoms with van der Waals surface area (Å²) < 4.78 is 5.46. The van der Waals surface area contributed by atoms with Gasteiger partial charge in [0, 0.05) is 42.1 Å². The number of nitrogens with one attached hydrogen (secondary N) is 1. The Morgan fingerprint density at radius 1 is 1.12 bits per heavy atom. The molecule has 6 heteroatoms. The van der Waals surface area contributed by atoms with Crippen LogP contribution in [0.1, 0.15) is 19.0 Å². The molecule has 1 aliphatic heterocycles. The summed E-state index contributed by atoms with van der Waals surface area (Å²) in [5.41, 5.74) is 3.01. The van der Waals surface area contributed by atoms with E-state index >= 15 is 0 Å². The van der Waals surface area contributed by atoms with Crippen LogP contribution in [0.4, 0.5) is 17.5 Å². The van der Waals surface area contributed by atoms with Crippen LogP contribution in [-0.2, 0) is 11.2 Å². The summed E-state index contributed by atoms with van der Waals surface area (Å²) in [5, 5.41) is 4.46. The zero-order valence-electron chi connectivity index (χ0n) is 15.0. The molecule has 0 saturated carbocycles. The van der Waals surface area contributed by atoms with E-state index in [1.54, 1.807) is 6.20 Å². The molecular formula is C20H23N5O. The van der Waals surface area contributed by atoms with Crippen molar-refractivity contribution < 1.29 is 4.74 Å². The van der Waals surface area contributed by atoms with Crippen LogP contribution in [-0.4, -0.2) is 41.3 Å². The first-order valence-corrected chi connectivity index (χ1v) is 9.14. The van der Waals surface area contributed by atoms with Gasteiger partial charge in [-0.1, -0.05) is 19.4 Å². The molecule has 3 aromatic rings. The lowest BCUT2D eigenvalue weighted by Gasteiger charge is -2.28. The quantitative estimate of drug-likeness (QED) is 0.760. The number of morpholine rings is 1. The average Bonchev–Trinajstić information content (AvgIpc) is 2.69. The lowest BCUT2D eigenvalue weighted by Crippen LogP contribution is -2.37. The van der Waals surface area contributed by atoms with E-state index in [-0.39, 0.29) is 0 Å². The minimum Gasteiger partial charge on any atom is -0.378 e. The zero-order chi connectivity index (χ0) is 17.8. The van der Waals surface area contributed by atoms with Crippen LogP contribution in [0.15, 0.2) is 42.6 Å². The molecule has 4 rings (SSSR count). The zero-order valence-corrected chi connectivity index (χ0v) is 15.0. The maximum atomic E-state index is 5.46. The molecule has 2 aromatic heterocycles. The van der Waals surface area contributed by atoms with Crippen molar-refractivity contribution in [1.82, 2.24) is 15.0 Å². The highest BCUT2D eigenvalue weighted by molar-refractivity contribution is 5.82. The Bertz CT molecular complexity index is 892. The molecule has 0 aliphatic carbocycles. The van der Waals surface area contributed by atoms with Gasteiger partial charge in [0.25, 0.3) is 0 Å². The summed E-state index contributed by atoms with van der Waals surface area (Å²) in [6.45, 7) is 5.38. The molecule has 0 radical (unpaired) electrons. The lowest BCUT2D eigenvalue weighted by atomic mass is 10.2. The number of anilines is 3. The number of nitrogens with zero attached hydrogens (tertiary/aromatic N) is 4. The SMILES string of the molecule is CCCc1cc(N2CCOCC2)nc(Nc2ccc3ncccc3c2)n1. The Labute approximate surface area is 153 Å². The number of pyridine rings is 1. The fourth-order valence-corrected chi connectivity index (χ4v) is 3.16. The first-order valence-electron chi connectivity index (χ1n) is 9.14. The average molecular weight is 349 g/mol. The number of hydrogen-bond acceptors (Lipinski definition) is 6. The highest BCUT2D eigenvalue weighted by atomic mass is 16.5. The molecule has 1 aliphatic rings. The van der Waals surface area contributed by atoms with Crippen molar-refractivity contribution in [3.05, 3.63) is 48.3 Å².